The Morgan fingerprint density at radius 1 is 0.860 bits per heavy atom. The highest BCUT2D eigenvalue weighted by atomic mass is 79.9. The largest absolute Gasteiger partial charge is 0.493 e. The summed E-state index contributed by atoms with van der Waals surface area (Å²) in [6.07, 6.45) is -3.39. The minimum absolute atomic E-state index is 0.191. The average Bonchev–Trinajstić information content (AvgIpc) is 3.00. The van der Waals surface area contributed by atoms with Gasteiger partial charge in [-0.1, -0.05) is 48.5 Å². The number of methoxy groups -OCH3 is 1. The van der Waals surface area contributed by atoms with Crippen LogP contribution in [0.2, 0.25) is 0 Å². The maximum atomic E-state index is 13.2. The highest BCUT2D eigenvalue weighted by molar-refractivity contribution is 9.10. The molecule has 0 atom stereocenters. The number of amides is 1. The molecule has 43 heavy (non-hydrogen) atoms. The molecule has 11 heteroatoms. The van der Waals surface area contributed by atoms with Gasteiger partial charge < -0.3 is 18.9 Å². The van der Waals surface area contributed by atoms with Gasteiger partial charge in [-0.2, -0.15) is 18.3 Å². The van der Waals surface area contributed by atoms with E-state index in [2.05, 4.69) is 26.5 Å². The number of alkyl halides is 3. The number of ether oxygens (including phenoxy) is 4. The van der Waals surface area contributed by atoms with Crippen LogP contribution in [0, 0.1) is 0 Å². The van der Waals surface area contributed by atoms with Crippen molar-refractivity contribution in [3.63, 3.8) is 0 Å². The summed E-state index contributed by atoms with van der Waals surface area (Å²) in [7, 11) is 1.47. The molecule has 0 spiro atoms. The van der Waals surface area contributed by atoms with Gasteiger partial charge in [0, 0.05) is 0 Å². The standard InChI is InChI=1S/C32H28BrF3N2O5/c1-3-41-28-16-22(13-14-27(28)42-19-21-9-5-4-6-10-21)20-43-30-26(33)15-23(17-29(30)40-2)18-37-38-31(39)24-11-7-8-12-25(24)32(34,35)36/h4-18H,3,19-20H2,1-2H3,(H,38,39)/b37-18+. The fraction of sp³-hybridized carbons (Fsp3) is 0.188. The Morgan fingerprint density at radius 3 is 2.30 bits per heavy atom. The van der Waals surface area contributed by atoms with Gasteiger partial charge in [0.25, 0.3) is 5.91 Å². The van der Waals surface area contributed by atoms with Gasteiger partial charge >= 0.3 is 6.18 Å². The van der Waals surface area contributed by atoms with Crippen LogP contribution in [0.3, 0.4) is 0 Å². The second kappa shape index (κ2) is 14.6. The summed E-state index contributed by atoms with van der Waals surface area (Å²) in [6.45, 7) is 2.95. The molecule has 0 saturated carbocycles. The van der Waals surface area contributed by atoms with Crippen molar-refractivity contribution in [3.8, 4) is 23.0 Å². The molecular weight excluding hydrogens is 629 g/mol. The summed E-state index contributed by atoms with van der Waals surface area (Å²) in [6, 6.07) is 23.2. The summed E-state index contributed by atoms with van der Waals surface area (Å²) in [5.74, 6) is 1.02. The Balaban J connectivity index is 1.43. The number of hydrazone groups is 1. The number of rotatable bonds is 12. The third-order valence-corrected chi connectivity index (χ3v) is 6.63. The zero-order valence-electron chi connectivity index (χ0n) is 23.3. The van der Waals surface area contributed by atoms with E-state index in [-0.39, 0.29) is 6.61 Å². The third kappa shape index (κ3) is 8.51. The van der Waals surface area contributed by atoms with E-state index in [9.17, 15) is 18.0 Å². The van der Waals surface area contributed by atoms with E-state index in [4.69, 9.17) is 18.9 Å². The van der Waals surface area contributed by atoms with Crippen LogP contribution >= 0.6 is 15.9 Å². The van der Waals surface area contributed by atoms with Crippen LogP contribution in [-0.4, -0.2) is 25.8 Å². The SMILES string of the molecule is CCOc1cc(COc2c(Br)cc(/C=N/NC(=O)c3ccccc3C(F)(F)F)cc2OC)ccc1OCc1ccccc1. The van der Waals surface area contributed by atoms with Crippen molar-refractivity contribution in [2.24, 2.45) is 5.10 Å². The van der Waals surface area contributed by atoms with Crippen molar-refractivity contribution >= 4 is 28.1 Å². The first-order chi connectivity index (χ1) is 20.7. The van der Waals surface area contributed by atoms with Crippen molar-refractivity contribution in [1.82, 2.24) is 5.43 Å². The first-order valence-corrected chi connectivity index (χ1v) is 13.9. The number of nitrogens with zero attached hydrogens (tertiary/aromatic N) is 1. The Hall–Kier alpha value is -4.51. The van der Waals surface area contributed by atoms with E-state index in [1.165, 1.54) is 25.5 Å². The maximum absolute atomic E-state index is 13.2. The van der Waals surface area contributed by atoms with Gasteiger partial charge in [-0.25, -0.2) is 5.43 Å². The molecule has 0 bridgehead atoms. The van der Waals surface area contributed by atoms with Crippen LogP contribution in [0.5, 0.6) is 23.0 Å². The van der Waals surface area contributed by atoms with Gasteiger partial charge in [-0.05, 0) is 75.9 Å². The first kappa shape index (κ1) is 31.4. The van der Waals surface area contributed by atoms with E-state index in [0.717, 1.165) is 23.3 Å². The number of carbonyl (C=O) groups is 1. The van der Waals surface area contributed by atoms with Gasteiger partial charge in [-0.3, -0.25) is 4.79 Å². The lowest BCUT2D eigenvalue weighted by Gasteiger charge is -2.16. The number of hydrogen-bond donors (Lipinski definition) is 1. The highest BCUT2D eigenvalue weighted by Gasteiger charge is 2.34. The minimum Gasteiger partial charge on any atom is -0.493 e. The van der Waals surface area contributed by atoms with Crippen LogP contribution in [0.15, 0.2) is 94.5 Å². The van der Waals surface area contributed by atoms with Crippen molar-refractivity contribution in [1.29, 1.82) is 0 Å². The molecule has 0 aliphatic rings. The van der Waals surface area contributed by atoms with E-state index >= 15 is 0 Å². The summed E-state index contributed by atoms with van der Waals surface area (Å²) < 4.78 is 63.5. The lowest BCUT2D eigenvalue weighted by molar-refractivity contribution is -0.137. The molecule has 4 rings (SSSR count). The highest BCUT2D eigenvalue weighted by Crippen LogP contribution is 2.38. The van der Waals surface area contributed by atoms with Gasteiger partial charge in [-0.15, -0.1) is 0 Å². The normalized spacial score (nSPS) is 11.3. The van der Waals surface area contributed by atoms with Crippen LogP contribution in [0.25, 0.3) is 0 Å². The molecule has 0 saturated heterocycles. The second-order valence-corrected chi connectivity index (χ2v) is 9.91. The van der Waals surface area contributed by atoms with Gasteiger partial charge in [0.15, 0.2) is 23.0 Å². The number of hydrogen-bond acceptors (Lipinski definition) is 6. The summed E-state index contributed by atoms with van der Waals surface area (Å²) in [5, 5.41) is 3.82. The molecule has 0 aliphatic carbocycles. The third-order valence-electron chi connectivity index (χ3n) is 6.04. The first-order valence-electron chi connectivity index (χ1n) is 13.1. The number of benzene rings is 4. The lowest BCUT2D eigenvalue weighted by atomic mass is 10.1. The van der Waals surface area contributed by atoms with E-state index in [1.807, 2.05) is 55.5 Å². The van der Waals surface area contributed by atoms with Crippen LogP contribution in [0.4, 0.5) is 13.2 Å². The van der Waals surface area contributed by atoms with Gasteiger partial charge in [0.1, 0.15) is 13.2 Å². The van der Waals surface area contributed by atoms with Gasteiger partial charge in [0.2, 0.25) is 0 Å². The van der Waals surface area contributed by atoms with Crippen molar-refractivity contribution in [2.45, 2.75) is 26.3 Å². The molecule has 1 N–H and O–H groups in total. The van der Waals surface area contributed by atoms with Gasteiger partial charge in [0.05, 0.1) is 35.5 Å². The number of nitrogens with one attached hydrogen (secondary N) is 1. The molecule has 0 fully saturated rings. The average molecular weight is 657 g/mol. The number of carbonyl (C=O) groups excluding carboxylic acids is 1. The topological polar surface area (TPSA) is 78.4 Å². The fourth-order valence-electron chi connectivity index (χ4n) is 4.03. The molecule has 1 amide bonds. The molecule has 0 radical (unpaired) electrons. The Morgan fingerprint density at radius 2 is 1.58 bits per heavy atom. The van der Waals surface area contributed by atoms with E-state index < -0.39 is 23.2 Å². The zero-order valence-corrected chi connectivity index (χ0v) is 24.9. The Labute approximate surface area is 255 Å². The van der Waals surface area contributed by atoms with Crippen LogP contribution in [-0.2, 0) is 19.4 Å². The van der Waals surface area contributed by atoms with Crippen molar-refractivity contribution in [3.05, 3.63) is 117 Å². The van der Waals surface area contributed by atoms with Crippen LogP contribution in [0.1, 0.15) is 39.5 Å². The quantitative estimate of drug-likeness (QED) is 0.124. The molecule has 224 valence electrons. The predicted octanol–water partition coefficient (Wildman–Crippen LogP) is 7.80. The molecular formula is C32H28BrF3N2O5. The second-order valence-electron chi connectivity index (χ2n) is 9.05. The molecule has 0 aromatic heterocycles. The molecule has 0 aliphatic heterocycles. The summed E-state index contributed by atoms with van der Waals surface area (Å²) in [4.78, 5) is 12.4. The number of halogens is 4. The molecule has 4 aromatic rings. The molecule has 0 heterocycles. The molecule has 0 unspecified atom stereocenters. The lowest BCUT2D eigenvalue weighted by Crippen LogP contribution is -2.22. The summed E-state index contributed by atoms with van der Waals surface area (Å²) >= 11 is 3.47. The van der Waals surface area contributed by atoms with E-state index in [1.54, 1.807) is 12.1 Å². The minimum atomic E-state index is -4.67. The Bertz CT molecular complexity index is 1580. The van der Waals surface area contributed by atoms with Crippen molar-refractivity contribution in [2.75, 3.05) is 13.7 Å². The molecule has 4 aromatic carbocycles. The monoisotopic (exact) mass is 656 g/mol. The summed E-state index contributed by atoms with van der Waals surface area (Å²) in [5.41, 5.74) is 2.93. The smallest absolute Gasteiger partial charge is 0.417 e. The Kier molecular flexibility index (Phi) is 10.7. The fourth-order valence-corrected chi connectivity index (χ4v) is 4.60. The molecule has 7 nitrogen and oxygen atoms in total. The van der Waals surface area contributed by atoms with Crippen LogP contribution < -0.4 is 24.4 Å². The van der Waals surface area contributed by atoms with E-state index in [0.29, 0.717) is 46.2 Å². The maximum Gasteiger partial charge on any atom is 0.417 e. The predicted molar refractivity (Wildman–Crippen MR) is 160 cm³/mol. The zero-order chi connectivity index (χ0) is 30.8. The van der Waals surface area contributed by atoms with Crippen molar-refractivity contribution < 1.29 is 36.9 Å².